The lowest BCUT2D eigenvalue weighted by Crippen LogP contribution is -2.12. The molecule has 296 valence electrons. The second kappa shape index (κ2) is 15.5. The summed E-state index contributed by atoms with van der Waals surface area (Å²) in [7, 11) is 0. The molecule has 1 unspecified atom stereocenters. The molecule has 10 aromatic carbocycles. The van der Waals surface area contributed by atoms with Crippen molar-refractivity contribution in [1.29, 1.82) is 0 Å². The molecular weight excluding hydrogens is 747 g/mol. The number of anilines is 3. The number of benzene rings is 10. The highest BCUT2D eigenvalue weighted by Gasteiger charge is 2.29. The van der Waals surface area contributed by atoms with Crippen LogP contribution in [0.1, 0.15) is 47.1 Å². The molecule has 0 aliphatic heterocycles. The lowest BCUT2D eigenvalue weighted by Gasteiger charge is -2.30. The average molecular weight is 794 g/mol. The molecule has 0 radical (unpaired) electrons. The van der Waals surface area contributed by atoms with Crippen LogP contribution in [0.5, 0.6) is 0 Å². The van der Waals surface area contributed by atoms with E-state index in [4.69, 9.17) is 0 Å². The largest absolute Gasteiger partial charge is 0.309 e. The third-order valence-corrected chi connectivity index (χ3v) is 12.9. The fourth-order valence-corrected chi connectivity index (χ4v) is 10.4. The Morgan fingerprint density at radius 3 is 1.35 bits per heavy atom. The standard InChI is InChI=1S/C61H47N/c1-40-35-41(2)37-49(36-40)62(48-23-11-6-12-24-48)61-54-29-17-15-27-52(54)58(53-28-16-18-30-55(53)61)45-31-33-46(34-32-45)60-51-26-14-13-25-50(51)59(44-21-9-5-10-22-44)56-39-47(38-42(3)57(56)60)43-19-7-4-8-20-43/h4-37,39,42H,38H2,1-3H3. The van der Waals surface area contributed by atoms with Crippen molar-refractivity contribution in [2.75, 3.05) is 4.90 Å². The van der Waals surface area contributed by atoms with Gasteiger partial charge in [0.05, 0.1) is 5.69 Å². The molecule has 1 heteroatoms. The number of nitrogens with zero attached hydrogens (tertiary/aromatic N) is 1. The molecule has 0 spiro atoms. The Morgan fingerprint density at radius 1 is 0.387 bits per heavy atom. The Balaban J connectivity index is 1.13. The van der Waals surface area contributed by atoms with Gasteiger partial charge in [-0.3, -0.25) is 0 Å². The molecule has 0 fully saturated rings. The number of fused-ring (bicyclic) bond motifs is 4. The highest BCUT2D eigenvalue weighted by atomic mass is 15.1. The van der Waals surface area contributed by atoms with E-state index >= 15 is 0 Å². The Morgan fingerprint density at radius 2 is 0.806 bits per heavy atom. The van der Waals surface area contributed by atoms with E-state index in [9.17, 15) is 0 Å². The lowest BCUT2D eigenvalue weighted by molar-refractivity contribution is 0.787. The van der Waals surface area contributed by atoms with Gasteiger partial charge in [-0.05, 0) is 139 Å². The maximum Gasteiger partial charge on any atom is 0.0618 e. The van der Waals surface area contributed by atoms with Crippen LogP contribution in [-0.4, -0.2) is 0 Å². The average Bonchev–Trinajstić information content (AvgIpc) is 3.31. The Hall–Kier alpha value is -7.48. The summed E-state index contributed by atoms with van der Waals surface area (Å²) in [6.45, 7) is 6.81. The van der Waals surface area contributed by atoms with Crippen molar-refractivity contribution in [2.24, 2.45) is 0 Å². The van der Waals surface area contributed by atoms with Crippen LogP contribution in [0.25, 0.3) is 77.3 Å². The molecule has 0 bridgehead atoms. The first-order chi connectivity index (χ1) is 30.5. The highest BCUT2D eigenvalue weighted by molar-refractivity contribution is 6.22. The highest BCUT2D eigenvalue weighted by Crippen LogP contribution is 2.52. The van der Waals surface area contributed by atoms with Crippen LogP contribution in [0.2, 0.25) is 0 Å². The fourth-order valence-electron chi connectivity index (χ4n) is 10.4. The van der Waals surface area contributed by atoms with Crippen molar-refractivity contribution < 1.29 is 0 Å². The second-order valence-electron chi connectivity index (χ2n) is 17.0. The normalized spacial score (nSPS) is 13.6. The molecule has 11 rings (SSSR count). The van der Waals surface area contributed by atoms with Crippen LogP contribution in [0.15, 0.2) is 206 Å². The molecule has 1 aliphatic rings. The van der Waals surface area contributed by atoms with Crippen molar-refractivity contribution in [2.45, 2.75) is 33.1 Å². The minimum Gasteiger partial charge on any atom is -0.309 e. The van der Waals surface area contributed by atoms with E-state index in [0.29, 0.717) is 5.92 Å². The molecule has 1 nitrogen and oxygen atoms in total. The molecule has 0 saturated carbocycles. The monoisotopic (exact) mass is 793 g/mol. The smallest absolute Gasteiger partial charge is 0.0618 e. The first-order valence-corrected chi connectivity index (χ1v) is 21.9. The minimum absolute atomic E-state index is 0.317. The van der Waals surface area contributed by atoms with Gasteiger partial charge in [0.1, 0.15) is 0 Å². The zero-order chi connectivity index (χ0) is 41.7. The van der Waals surface area contributed by atoms with E-state index in [-0.39, 0.29) is 0 Å². The predicted molar refractivity (Wildman–Crippen MR) is 267 cm³/mol. The quantitative estimate of drug-likeness (QED) is 0.145. The van der Waals surface area contributed by atoms with Gasteiger partial charge in [0.25, 0.3) is 0 Å². The Kier molecular flexibility index (Phi) is 9.39. The first kappa shape index (κ1) is 37.5. The molecule has 10 aromatic rings. The first-order valence-electron chi connectivity index (χ1n) is 21.9. The van der Waals surface area contributed by atoms with Crippen molar-refractivity contribution >= 4 is 61.0 Å². The summed E-state index contributed by atoms with van der Waals surface area (Å²) in [6, 6.07) is 76.2. The molecule has 62 heavy (non-hydrogen) atoms. The van der Waals surface area contributed by atoms with Gasteiger partial charge < -0.3 is 4.90 Å². The Labute approximate surface area is 364 Å². The minimum atomic E-state index is 0.317. The maximum absolute atomic E-state index is 2.49. The van der Waals surface area contributed by atoms with Crippen LogP contribution >= 0.6 is 0 Å². The molecule has 0 aromatic heterocycles. The summed E-state index contributed by atoms with van der Waals surface area (Å²) in [4.78, 5) is 2.46. The summed E-state index contributed by atoms with van der Waals surface area (Å²) < 4.78 is 0. The number of hydrogen-bond donors (Lipinski definition) is 0. The number of aryl methyl sites for hydroxylation is 2. The SMILES string of the molecule is Cc1cc(C)cc(N(c2ccccc2)c2c3ccccc3c(-c3ccc(-c4c5c(c(-c6ccccc6)c6ccccc46)C=C(c4ccccc4)CC5C)cc3)c3ccccc23)c1. The van der Waals surface area contributed by atoms with Gasteiger partial charge in [0, 0.05) is 22.1 Å². The van der Waals surface area contributed by atoms with E-state index < -0.39 is 0 Å². The molecule has 1 aliphatic carbocycles. The van der Waals surface area contributed by atoms with E-state index in [1.807, 2.05) is 0 Å². The van der Waals surface area contributed by atoms with Crippen LogP contribution in [0.3, 0.4) is 0 Å². The zero-order valence-electron chi connectivity index (χ0n) is 35.4. The number of allylic oxidation sites excluding steroid dienone is 1. The third kappa shape index (κ3) is 6.41. The molecule has 0 amide bonds. The molecular formula is C61H47N. The van der Waals surface area contributed by atoms with Gasteiger partial charge >= 0.3 is 0 Å². The van der Waals surface area contributed by atoms with E-state index in [2.05, 4.69) is 238 Å². The molecule has 0 saturated heterocycles. The van der Waals surface area contributed by atoms with Crippen LogP contribution in [0, 0.1) is 13.8 Å². The van der Waals surface area contributed by atoms with Crippen LogP contribution in [0.4, 0.5) is 17.1 Å². The van der Waals surface area contributed by atoms with Gasteiger partial charge in [-0.25, -0.2) is 0 Å². The van der Waals surface area contributed by atoms with Crippen molar-refractivity contribution in [3.63, 3.8) is 0 Å². The van der Waals surface area contributed by atoms with Gasteiger partial charge in [-0.15, -0.1) is 0 Å². The fraction of sp³-hybridized carbons (Fsp3) is 0.0820. The van der Waals surface area contributed by atoms with Crippen molar-refractivity contribution in [3.8, 4) is 33.4 Å². The summed E-state index contributed by atoms with van der Waals surface area (Å²) in [5, 5.41) is 7.50. The summed E-state index contributed by atoms with van der Waals surface area (Å²) in [6.07, 6.45) is 3.48. The third-order valence-electron chi connectivity index (χ3n) is 12.9. The summed E-state index contributed by atoms with van der Waals surface area (Å²) >= 11 is 0. The van der Waals surface area contributed by atoms with Crippen molar-refractivity contribution in [1.82, 2.24) is 0 Å². The zero-order valence-corrected chi connectivity index (χ0v) is 35.4. The van der Waals surface area contributed by atoms with Gasteiger partial charge in [-0.1, -0.05) is 195 Å². The van der Waals surface area contributed by atoms with Crippen molar-refractivity contribution in [3.05, 3.63) is 234 Å². The van der Waals surface area contributed by atoms with E-state index in [1.165, 1.54) is 105 Å². The lowest BCUT2D eigenvalue weighted by atomic mass is 9.73. The predicted octanol–water partition coefficient (Wildman–Crippen LogP) is 17.3. The molecule has 1 atom stereocenters. The van der Waals surface area contributed by atoms with Gasteiger partial charge in [0.2, 0.25) is 0 Å². The van der Waals surface area contributed by atoms with Crippen LogP contribution in [-0.2, 0) is 0 Å². The van der Waals surface area contributed by atoms with Crippen LogP contribution < -0.4 is 4.90 Å². The van der Waals surface area contributed by atoms with Gasteiger partial charge in [0.15, 0.2) is 0 Å². The number of rotatable bonds is 7. The maximum atomic E-state index is 2.49. The molecule has 0 N–H and O–H groups in total. The molecule has 0 heterocycles. The van der Waals surface area contributed by atoms with E-state index in [0.717, 1.165) is 17.8 Å². The van der Waals surface area contributed by atoms with E-state index in [1.54, 1.807) is 0 Å². The Bertz CT molecular complexity index is 3250. The number of para-hydroxylation sites is 1. The second-order valence-corrected chi connectivity index (χ2v) is 17.0. The van der Waals surface area contributed by atoms with Gasteiger partial charge in [-0.2, -0.15) is 0 Å². The summed E-state index contributed by atoms with van der Waals surface area (Å²) in [5.74, 6) is 0.317. The summed E-state index contributed by atoms with van der Waals surface area (Å²) in [5.41, 5.74) is 19.1. The number of hydrogen-bond acceptors (Lipinski definition) is 1. The topological polar surface area (TPSA) is 3.24 Å².